The van der Waals surface area contributed by atoms with Crippen molar-refractivity contribution in [2.75, 3.05) is 27.8 Å². The summed E-state index contributed by atoms with van der Waals surface area (Å²) < 4.78 is 23.1. The molecule has 0 atom stereocenters. The smallest absolute Gasteiger partial charge is 0.188 e. The van der Waals surface area contributed by atoms with Crippen LogP contribution < -0.4 is 20.1 Å². The second-order valence-corrected chi connectivity index (χ2v) is 13.1. The topological polar surface area (TPSA) is 36.9 Å². The van der Waals surface area contributed by atoms with Crippen LogP contribution in [0.1, 0.15) is 66.5 Å². The highest BCUT2D eigenvalue weighted by Gasteiger charge is 2.31. The monoisotopic (exact) mass is 460 g/mol. The minimum absolute atomic E-state index is 0.0558. The van der Waals surface area contributed by atoms with Crippen LogP contribution in [0.3, 0.4) is 0 Å². The summed E-state index contributed by atoms with van der Waals surface area (Å²) >= 11 is 0. The first-order valence-electron chi connectivity index (χ1n) is 11.2. The maximum atomic E-state index is 6.24. The Labute approximate surface area is 196 Å². The van der Waals surface area contributed by atoms with Crippen LogP contribution in [0.25, 0.3) is 0 Å². The second kappa shape index (κ2) is 11.0. The third-order valence-corrected chi connectivity index (χ3v) is 8.06. The van der Waals surface area contributed by atoms with Gasteiger partial charge in [0.25, 0.3) is 0 Å². The van der Waals surface area contributed by atoms with Crippen LogP contribution in [0.15, 0.2) is 36.4 Å². The van der Waals surface area contributed by atoms with Gasteiger partial charge in [-0.1, -0.05) is 91.8 Å². The largest absolute Gasteiger partial charge is 0.467 e. The van der Waals surface area contributed by atoms with Crippen molar-refractivity contribution >= 4 is 18.5 Å². The lowest BCUT2D eigenvalue weighted by Crippen LogP contribution is -2.27. The molecule has 178 valence electrons. The summed E-state index contributed by atoms with van der Waals surface area (Å²) in [7, 11) is 2.55. The maximum Gasteiger partial charge on any atom is 0.188 e. The summed E-state index contributed by atoms with van der Waals surface area (Å²) in [5.74, 6) is 1.86. The Morgan fingerprint density at radius 3 is 1.34 bits per heavy atom. The van der Waals surface area contributed by atoms with Crippen molar-refractivity contribution in [1.29, 1.82) is 0 Å². The predicted molar refractivity (Wildman–Crippen MR) is 137 cm³/mol. The average molecular weight is 461 g/mol. The summed E-state index contributed by atoms with van der Waals surface area (Å²) in [6.07, 6.45) is 0. The average Bonchev–Trinajstić information content (AvgIpc) is 2.69. The molecule has 2 aromatic rings. The fourth-order valence-electron chi connectivity index (χ4n) is 3.84. The van der Waals surface area contributed by atoms with Gasteiger partial charge in [0.05, 0.1) is 0 Å². The molecule has 0 aliphatic heterocycles. The highest BCUT2D eigenvalue weighted by Crippen LogP contribution is 2.48. The van der Waals surface area contributed by atoms with Gasteiger partial charge in [0, 0.05) is 36.0 Å². The zero-order valence-electron chi connectivity index (χ0n) is 21.5. The number of ether oxygens (including phenoxy) is 4. The number of hydrogen-bond donors (Lipinski definition) is 0. The second-order valence-electron chi connectivity index (χ2n) is 10.4. The maximum absolute atomic E-state index is 6.24. The molecule has 4 nitrogen and oxygen atoms in total. The first-order valence-corrected chi connectivity index (χ1v) is 12.6. The molecule has 2 rings (SSSR count). The van der Waals surface area contributed by atoms with Crippen LogP contribution >= 0.6 is 7.92 Å². The van der Waals surface area contributed by atoms with Crippen LogP contribution in [-0.4, -0.2) is 33.5 Å². The Balaban J connectivity index is 2.81. The number of rotatable bonds is 9. The van der Waals surface area contributed by atoms with Crippen molar-refractivity contribution in [3.8, 4) is 11.5 Å². The standard InChI is InChI=1S/C27H41O4P/c1-19(2)32(22-15-11-13-20(26(3,4)5)24(22)30-17-28-9)23-16-12-14-21(27(6,7)8)25(23)31-18-29-10/h11-16,19H,17-18H2,1-10H3. The summed E-state index contributed by atoms with van der Waals surface area (Å²) in [5.41, 5.74) is 2.64. The van der Waals surface area contributed by atoms with E-state index in [0.29, 0.717) is 5.66 Å². The zero-order valence-corrected chi connectivity index (χ0v) is 22.4. The highest BCUT2D eigenvalue weighted by molar-refractivity contribution is 7.74. The molecule has 0 saturated carbocycles. The Kier molecular flexibility index (Phi) is 9.16. The third kappa shape index (κ3) is 6.25. The molecule has 0 N–H and O–H groups in total. The van der Waals surface area contributed by atoms with E-state index in [9.17, 15) is 0 Å². The predicted octanol–water partition coefficient (Wildman–Crippen LogP) is 6.09. The van der Waals surface area contributed by atoms with E-state index in [2.05, 4.69) is 91.8 Å². The molecule has 0 aromatic heterocycles. The SMILES string of the molecule is COCOc1c(P(c2cccc(C(C)(C)C)c2OCOC)C(C)C)cccc1C(C)(C)C. The van der Waals surface area contributed by atoms with Crippen LogP contribution in [-0.2, 0) is 20.3 Å². The number of para-hydroxylation sites is 2. The third-order valence-electron chi connectivity index (χ3n) is 5.28. The quantitative estimate of drug-likeness (QED) is 0.335. The zero-order chi connectivity index (χ0) is 24.1. The van der Waals surface area contributed by atoms with Crippen molar-refractivity contribution in [1.82, 2.24) is 0 Å². The van der Waals surface area contributed by atoms with Crippen molar-refractivity contribution < 1.29 is 18.9 Å². The molecule has 0 bridgehead atoms. The van der Waals surface area contributed by atoms with E-state index in [-0.39, 0.29) is 24.4 Å². The lowest BCUT2D eigenvalue weighted by Gasteiger charge is -2.32. The Morgan fingerprint density at radius 2 is 1.06 bits per heavy atom. The molecule has 0 unspecified atom stereocenters. The van der Waals surface area contributed by atoms with Gasteiger partial charge in [0.1, 0.15) is 11.5 Å². The van der Waals surface area contributed by atoms with Gasteiger partial charge in [0.15, 0.2) is 13.6 Å². The number of hydrogen-bond acceptors (Lipinski definition) is 4. The summed E-state index contributed by atoms with van der Waals surface area (Å²) in [6, 6.07) is 13.0. The summed E-state index contributed by atoms with van der Waals surface area (Å²) in [4.78, 5) is 0. The van der Waals surface area contributed by atoms with Gasteiger partial charge in [-0.25, -0.2) is 0 Å². The van der Waals surface area contributed by atoms with E-state index in [1.165, 1.54) is 21.7 Å². The molecular formula is C27H41O4P. The molecule has 0 aliphatic carbocycles. The summed E-state index contributed by atoms with van der Waals surface area (Å²) in [6.45, 7) is 18.3. The first-order chi connectivity index (χ1) is 14.9. The molecule has 2 aromatic carbocycles. The van der Waals surface area contributed by atoms with Crippen molar-refractivity contribution in [2.45, 2.75) is 71.9 Å². The van der Waals surface area contributed by atoms with E-state index < -0.39 is 7.92 Å². The van der Waals surface area contributed by atoms with E-state index in [0.717, 1.165) is 11.5 Å². The van der Waals surface area contributed by atoms with E-state index in [1.54, 1.807) is 14.2 Å². The molecule has 0 fully saturated rings. The Bertz CT molecular complexity index is 809. The summed E-state index contributed by atoms with van der Waals surface area (Å²) in [5, 5.41) is 2.43. The lowest BCUT2D eigenvalue weighted by atomic mass is 9.86. The van der Waals surface area contributed by atoms with Gasteiger partial charge >= 0.3 is 0 Å². The molecule has 0 saturated heterocycles. The van der Waals surface area contributed by atoms with E-state index in [1.807, 2.05) is 0 Å². The van der Waals surface area contributed by atoms with Crippen LogP contribution in [0.5, 0.6) is 11.5 Å². The highest BCUT2D eigenvalue weighted by atomic mass is 31.1. The van der Waals surface area contributed by atoms with Crippen molar-refractivity contribution in [3.05, 3.63) is 47.5 Å². The number of methoxy groups -OCH3 is 2. The normalized spacial score (nSPS) is 12.5. The molecule has 5 heteroatoms. The molecule has 0 radical (unpaired) electrons. The van der Waals surface area contributed by atoms with Gasteiger partial charge in [-0.2, -0.15) is 0 Å². The Morgan fingerprint density at radius 1 is 0.688 bits per heavy atom. The molecular weight excluding hydrogens is 419 g/mol. The Hall–Kier alpha value is -1.61. The molecule has 0 aliphatic rings. The van der Waals surface area contributed by atoms with Crippen LogP contribution in [0.4, 0.5) is 0 Å². The molecule has 0 heterocycles. The minimum Gasteiger partial charge on any atom is -0.467 e. The van der Waals surface area contributed by atoms with Gasteiger partial charge in [0.2, 0.25) is 0 Å². The van der Waals surface area contributed by atoms with Gasteiger partial charge in [-0.05, 0) is 24.4 Å². The van der Waals surface area contributed by atoms with E-state index >= 15 is 0 Å². The van der Waals surface area contributed by atoms with Crippen molar-refractivity contribution in [3.63, 3.8) is 0 Å². The molecule has 0 spiro atoms. The molecule has 32 heavy (non-hydrogen) atoms. The lowest BCUT2D eigenvalue weighted by molar-refractivity contribution is 0.0506. The van der Waals surface area contributed by atoms with Crippen LogP contribution in [0, 0.1) is 0 Å². The van der Waals surface area contributed by atoms with Gasteiger partial charge in [-0.15, -0.1) is 0 Å². The fourth-order valence-corrected chi connectivity index (χ4v) is 6.51. The van der Waals surface area contributed by atoms with E-state index in [4.69, 9.17) is 18.9 Å². The fraction of sp³-hybridized carbons (Fsp3) is 0.556. The van der Waals surface area contributed by atoms with Gasteiger partial charge in [-0.3, -0.25) is 0 Å². The van der Waals surface area contributed by atoms with Crippen molar-refractivity contribution in [2.24, 2.45) is 0 Å². The minimum atomic E-state index is -0.772. The van der Waals surface area contributed by atoms with Crippen LogP contribution in [0.2, 0.25) is 0 Å². The van der Waals surface area contributed by atoms with Gasteiger partial charge < -0.3 is 18.9 Å². The first kappa shape index (κ1) is 26.6. The number of benzene rings is 2. The molecule has 0 amide bonds.